The van der Waals surface area contributed by atoms with Crippen molar-refractivity contribution in [2.24, 2.45) is 0 Å². The lowest BCUT2D eigenvalue weighted by atomic mass is 10.0. The number of ether oxygens (including phenoxy) is 4. The predicted molar refractivity (Wildman–Crippen MR) is 109 cm³/mol. The van der Waals surface area contributed by atoms with Gasteiger partial charge in [-0.1, -0.05) is 83.3 Å². The molecule has 0 N–H and O–H groups in total. The highest BCUT2D eigenvalue weighted by Crippen LogP contribution is 2.28. The molecule has 0 radical (unpaired) electrons. The highest BCUT2D eigenvalue weighted by atomic mass is 127. The van der Waals surface area contributed by atoms with Crippen molar-refractivity contribution < 1.29 is 18.9 Å². The van der Waals surface area contributed by atoms with E-state index in [1.54, 1.807) is 7.11 Å². The summed E-state index contributed by atoms with van der Waals surface area (Å²) in [6.45, 7) is 1.10. The van der Waals surface area contributed by atoms with Crippen LogP contribution >= 0.6 is 22.6 Å². The van der Waals surface area contributed by atoms with Gasteiger partial charge in [0.05, 0.1) is 25.4 Å². The molecule has 26 heavy (non-hydrogen) atoms. The van der Waals surface area contributed by atoms with Gasteiger partial charge in [0.15, 0.2) is 6.29 Å². The molecule has 5 heteroatoms. The zero-order valence-corrected chi connectivity index (χ0v) is 17.1. The Morgan fingerprint density at radius 1 is 0.923 bits per heavy atom. The molecule has 1 aliphatic rings. The van der Waals surface area contributed by atoms with Crippen molar-refractivity contribution in [3.8, 4) is 0 Å². The Morgan fingerprint density at radius 2 is 1.50 bits per heavy atom. The minimum atomic E-state index is -0.257. The summed E-state index contributed by atoms with van der Waals surface area (Å²) < 4.78 is 24.8. The third kappa shape index (κ3) is 5.50. The molecule has 0 aromatic heterocycles. The second-order valence-electron chi connectivity index (χ2n) is 6.33. The number of rotatable bonds is 8. The van der Waals surface area contributed by atoms with Gasteiger partial charge < -0.3 is 18.9 Å². The fraction of sp³-hybridized carbons (Fsp3) is 0.429. The molecule has 1 heterocycles. The van der Waals surface area contributed by atoms with Gasteiger partial charge in [0, 0.05) is 18.0 Å². The standard InChI is InChI=1S/C21H25IO4/c1-23-20-12-18(24-14-16-8-4-2-5-9-16)21(19(13-22)26-20)25-15-17-10-6-3-7-11-17/h2-11,18-21H,12-15H2,1H3/t18-,19-,20+,21+/m1/s1. The summed E-state index contributed by atoms with van der Waals surface area (Å²) in [5.74, 6) is 0. The maximum Gasteiger partial charge on any atom is 0.160 e. The maximum atomic E-state index is 6.26. The van der Waals surface area contributed by atoms with Crippen LogP contribution in [0, 0.1) is 0 Å². The Kier molecular flexibility index (Phi) is 7.88. The lowest BCUT2D eigenvalue weighted by molar-refractivity contribution is -0.257. The molecule has 0 amide bonds. The number of benzene rings is 2. The summed E-state index contributed by atoms with van der Waals surface area (Å²) in [5.41, 5.74) is 2.30. The first-order valence-corrected chi connectivity index (χ1v) is 10.4. The molecule has 140 valence electrons. The summed E-state index contributed by atoms with van der Waals surface area (Å²) in [7, 11) is 1.67. The van der Waals surface area contributed by atoms with E-state index in [1.165, 1.54) is 0 Å². The van der Waals surface area contributed by atoms with Crippen LogP contribution in [0.3, 0.4) is 0 Å². The molecule has 3 rings (SSSR count). The normalized spacial score (nSPS) is 25.9. The zero-order valence-electron chi connectivity index (χ0n) is 14.9. The van der Waals surface area contributed by atoms with E-state index in [0.29, 0.717) is 19.6 Å². The number of methoxy groups -OCH3 is 1. The van der Waals surface area contributed by atoms with E-state index >= 15 is 0 Å². The molecule has 0 saturated carbocycles. The molecule has 1 aliphatic heterocycles. The molecule has 2 aromatic carbocycles. The fourth-order valence-corrected chi connectivity index (χ4v) is 3.80. The molecule has 0 aliphatic carbocycles. The first kappa shape index (κ1) is 19.8. The average molecular weight is 468 g/mol. The zero-order chi connectivity index (χ0) is 18.2. The van der Waals surface area contributed by atoms with E-state index in [4.69, 9.17) is 18.9 Å². The minimum absolute atomic E-state index is 0.0567. The van der Waals surface area contributed by atoms with E-state index in [-0.39, 0.29) is 24.6 Å². The van der Waals surface area contributed by atoms with Gasteiger partial charge in [0.2, 0.25) is 0 Å². The predicted octanol–water partition coefficient (Wildman–Crippen LogP) is 4.35. The Hall–Kier alpha value is -0.990. The van der Waals surface area contributed by atoms with Gasteiger partial charge in [-0.25, -0.2) is 0 Å². The third-order valence-corrected chi connectivity index (χ3v) is 5.36. The van der Waals surface area contributed by atoms with E-state index < -0.39 is 0 Å². The average Bonchev–Trinajstić information content (AvgIpc) is 2.72. The maximum absolute atomic E-state index is 6.26. The van der Waals surface area contributed by atoms with Gasteiger partial charge in [0.25, 0.3) is 0 Å². The van der Waals surface area contributed by atoms with E-state index in [9.17, 15) is 0 Å². The van der Waals surface area contributed by atoms with Crippen molar-refractivity contribution in [3.05, 3.63) is 71.8 Å². The lowest BCUT2D eigenvalue weighted by Gasteiger charge is -2.40. The molecule has 2 aromatic rings. The van der Waals surface area contributed by atoms with E-state index in [0.717, 1.165) is 15.6 Å². The van der Waals surface area contributed by atoms with Crippen molar-refractivity contribution in [1.29, 1.82) is 0 Å². The highest BCUT2D eigenvalue weighted by molar-refractivity contribution is 14.1. The molecule has 0 unspecified atom stereocenters. The summed E-state index contributed by atoms with van der Waals surface area (Å²) in [6.07, 6.45) is 0.154. The van der Waals surface area contributed by atoms with Crippen molar-refractivity contribution in [3.63, 3.8) is 0 Å². The number of hydrogen-bond donors (Lipinski definition) is 0. The second-order valence-corrected chi connectivity index (χ2v) is 7.21. The molecule has 1 fully saturated rings. The van der Waals surface area contributed by atoms with Crippen LogP contribution in [0.5, 0.6) is 0 Å². The number of hydrogen-bond acceptors (Lipinski definition) is 4. The van der Waals surface area contributed by atoms with Gasteiger partial charge in [-0.15, -0.1) is 0 Å². The Morgan fingerprint density at radius 3 is 2.04 bits per heavy atom. The van der Waals surface area contributed by atoms with Crippen LogP contribution in [0.2, 0.25) is 0 Å². The van der Waals surface area contributed by atoms with Crippen LogP contribution in [-0.4, -0.2) is 36.1 Å². The van der Waals surface area contributed by atoms with Gasteiger partial charge in [-0.3, -0.25) is 0 Å². The number of halogens is 1. The summed E-state index contributed by atoms with van der Waals surface area (Å²) in [4.78, 5) is 0. The molecular formula is C21H25IO4. The molecule has 4 atom stereocenters. The molecule has 0 spiro atoms. The van der Waals surface area contributed by atoms with Crippen molar-refractivity contribution in [2.45, 2.75) is 44.2 Å². The first-order valence-electron chi connectivity index (χ1n) is 8.85. The SMILES string of the molecule is CO[C@@H]1C[C@@H](OCc2ccccc2)[C@H](OCc2ccccc2)[C@@H](CI)O1. The Bertz CT molecular complexity index is 637. The summed E-state index contributed by atoms with van der Waals surface area (Å²) >= 11 is 2.34. The van der Waals surface area contributed by atoms with Gasteiger partial charge >= 0.3 is 0 Å². The molecule has 1 saturated heterocycles. The third-order valence-electron chi connectivity index (χ3n) is 4.49. The number of alkyl halides is 1. The van der Waals surface area contributed by atoms with Gasteiger partial charge in [0.1, 0.15) is 6.10 Å². The van der Waals surface area contributed by atoms with Crippen LogP contribution in [0.25, 0.3) is 0 Å². The topological polar surface area (TPSA) is 36.9 Å². The van der Waals surface area contributed by atoms with Crippen molar-refractivity contribution in [1.82, 2.24) is 0 Å². The molecular weight excluding hydrogens is 443 g/mol. The van der Waals surface area contributed by atoms with Crippen LogP contribution < -0.4 is 0 Å². The van der Waals surface area contributed by atoms with Gasteiger partial charge in [-0.2, -0.15) is 0 Å². The van der Waals surface area contributed by atoms with Crippen LogP contribution in [0.15, 0.2) is 60.7 Å². The van der Waals surface area contributed by atoms with Crippen molar-refractivity contribution >= 4 is 22.6 Å². The fourth-order valence-electron chi connectivity index (χ4n) is 3.09. The first-order chi connectivity index (χ1) is 12.8. The van der Waals surface area contributed by atoms with Gasteiger partial charge in [-0.05, 0) is 11.1 Å². The second kappa shape index (κ2) is 10.4. The summed E-state index contributed by atoms with van der Waals surface area (Å²) in [5, 5.41) is 0. The van der Waals surface area contributed by atoms with Crippen LogP contribution in [-0.2, 0) is 32.2 Å². The Labute approximate surface area is 168 Å². The lowest BCUT2D eigenvalue weighted by Crippen LogP contribution is -2.51. The van der Waals surface area contributed by atoms with Crippen LogP contribution in [0.4, 0.5) is 0 Å². The molecule has 0 bridgehead atoms. The van der Waals surface area contributed by atoms with Crippen LogP contribution in [0.1, 0.15) is 17.5 Å². The largest absolute Gasteiger partial charge is 0.371 e. The quantitative estimate of drug-likeness (QED) is 0.427. The highest BCUT2D eigenvalue weighted by Gasteiger charge is 2.40. The monoisotopic (exact) mass is 468 g/mol. The Balaban J connectivity index is 1.67. The van der Waals surface area contributed by atoms with E-state index in [2.05, 4.69) is 46.9 Å². The minimum Gasteiger partial charge on any atom is -0.371 e. The van der Waals surface area contributed by atoms with E-state index in [1.807, 2.05) is 36.4 Å². The van der Waals surface area contributed by atoms with Crippen molar-refractivity contribution in [2.75, 3.05) is 11.5 Å². The smallest absolute Gasteiger partial charge is 0.160 e. The summed E-state index contributed by atoms with van der Waals surface area (Å²) in [6, 6.07) is 20.4. The molecule has 4 nitrogen and oxygen atoms in total.